The smallest absolute Gasteiger partial charge is 0.416 e. The first kappa shape index (κ1) is 30.9. The highest BCUT2D eigenvalue weighted by molar-refractivity contribution is 7.89. The first-order valence-electron chi connectivity index (χ1n) is 12.1. The van der Waals surface area contributed by atoms with Crippen molar-refractivity contribution in [2.75, 3.05) is 13.1 Å². The zero-order valence-electron chi connectivity index (χ0n) is 21.3. The zero-order valence-corrected chi connectivity index (χ0v) is 22.1. The van der Waals surface area contributed by atoms with E-state index in [0.29, 0.717) is 17.7 Å². The number of sulfonamides is 1. The van der Waals surface area contributed by atoms with E-state index in [4.69, 9.17) is 0 Å². The molecule has 13 heteroatoms. The number of benzene rings is 3. The largest absolute Gasteiger partial charge is 0.504 e. The minimum atomic E-state index is -4.67. The molecule has 1 amide bonds. The minimum absolute atomic E-state index is 0.0428. The quantitative estimate of drug-likeness (QED) is 0.219. The van der Waals surface area contributed by atoms with Gasteiger partial charge in [0.05, 0.1) is 28.7 Å². The van der Waals surface area contributed by atoms with Gasteiger partial charge in [0.2, 0.25) is 10.0 Å². The number of alkyl halides is 3. The number of hydrogen-bond acceptors (Lipinski definition) is 7. The molecular formula is C27H29F3N2O7S. The number of nitrogens with zero attached hydrogens (tertiary/aromatic N) is 1. The number of carbonyl (C=O) groups excluding carboxylic acids is 1. The van der Waals surface area contributed by atoms with Gasteiger partial charge < -0.3 is 25.7 Å². The minimum Gasteiger partial charge on any atom is -0.504 e. The molecule has 0 heterocycles. The Balaban J connectivity index is 1.90. The molecule has 3 atom stereocenters. The van der Waals surface area contributed by atoms with Crippen molar-refractivity contribution < 1.29 is 46.8 Å². The lowest BCUT2D eigenvalue weighted by Gasteiger charge is -2.30. The van der Waals surface area contributed by atoms with Gasteiger partial charge in [-0.05, 0) is 61.4 Å². The lowest BCUT2D eigenvalue weighted by Crippen LogP contribution is -2.51. The average molecular weight is 583 g/mol. The summed E-state index contributed by atoms with van der Waals surface area (Å²) in [4.78, 5) is 12.5. The molecule has 0 aliphatic heterocycles. The highest BCUT2D eigenvalue weighted by atomic mass is 32.2. The monoisotopic (exact) mass is 582 g/mol. The van der Waals surface area contributed by atoms with Crippen LogP contribution < -0.4 is 5.32 Å². The van der Waals surface area contributed by atoms with E-state index >= 15 is 0 Å². The van der Waals surface area contributed by atoms with Crippen molar-refractivity contribution in [2.45, 2.75) is 42.7 Å². The second-order valence-corrected chi connectivity index (χ2v) is 11.2. The number of aliphatic hydroxyl groups is 2. The van der Waals surface area contributed by atoms with Crippen molar-refractivity contribution >= 4 is 15.9 Å². The molecule has 0 saturated carbocycles. The lowest BCUT2D eigenvalue weighted by molar-refractivity contribution is -0.137. The number of amides is 1. The number of phenols is 2. The molecule has 0 spiro atoms. The molecule has 40 heavy (non-hydrogen) atoms. The van der Waals surface area contributed by atoms with Crippen LogP contribution in [0.4, 0.5) is 13.2 Å². The third-order valence-corrected chi connectivity index (χ3v) is 7.84. The summed E-state index contributed by atoms with van der Waals surface area (Å²) < 4.78 is 66.3. The van der Waals surface area contributed by atoms with Gasteiger partial charge in [-0.2, -0.15) is 17.5 Å². The molecule has 0 aliphatic rings. The van der Waals surface area contributed by atoms with Crippen LogP contribution in [0.5, 0.6) is 11.5 Å². The summed E-state index contributed by atoms with van der Waals surface area (Å²) in [7, 11) is -4.48. The first-order chi connectivity index (χ1) is 18.7. The van der Waals surface area contributed by atoms with Crippen LogP contribution in [0.15, 0.2) is 77.7 Å². The Labute approximate surface area is 229 Å². The van der Waals surface area contributed by atoms with Gasteiger partial charge in [0.15, 0.2) is 11.5 Å². The van der Waals surface area contributed by atoms with Gasteiger partial charge in [-0.1, -0.05) is 30.3 Å². The summed E-state index contributed by atoms with van der Waals surface area (Å²) >= 11 is 0. The lowest BCUT2D eigenvalue weighted by atomic mass is 10.0. The molecule has 0 unspecified atom stereocenters. The molecule has 0 aliphatic carbocycles. The number of phenolic OH excluding ortho intramolecular Hbond substituents is 2. The van der Waals surface area contributed by atoms with E-state index in [2.05, 4.69) is 5.32 Å². The Bertz CT molecular complexity index is 1400. The fraction of sp³-hybridized carbons (Fsp3) is 0.296. The van der Waals surface area contributed by atoms with Crippen molar-refractivity contribution in [2.24, 2.45) is 0 Å². The normalized spacial score (nSPS) is 14.5. The van der Waals surface area contributed by atoms with Gasteiger partial charge in [-0.15, -0.1) is 0 Å². The first-order valence-corrected chi connectivity index (χ1v) is 13.5. The van der Waals surface area contributed by atoms with Crippen LogP contribution in [0.25, 0.3) is 0 Å². The molecule has 0 aromatic heterocycles. The van der Waals surface area contributed by atoms with Crippen molar-refractivity contribution in [3.63, 3.8) is 0 Å². The number of hydrogen-bond donors (Lipinski definition) is 5. The van der Waals surface area contributed by atoms with Gasteiger partial charge in [0.25, 0.3) is 5.91 Å². The molecule has 3 rings (SSSR count). The summed E-state index contributed by atoms with van der Waals surface area (Å²) in [6, 6.07) is 13.8. The third kappa shape index (κ3) is 7.94. The number of aliphatic hydroxyl groups excluding tert-OH is 2. The fourth-order valence-corrected chi connectivity index (χ4v) is 5.47. The maximum atomic E-state index is 13.3. The molecule has 9 nitrogen and oxygen atoms in total. The van der Waals surface area contributed by atoms with Gasteiger partial charge in [0.1, 0.15) is 0 Å². The van der Waals surface area contributed by atoms with Crippen molar-refractivity contribution in [3.8, 4) is 11.5 Å². The Morgan fingerprint density at radius 1 is 0.925 bits per heavy atom. The summed E-state index contributed by atoms with van der Waals surface area (Å²) in [6.45, 7) is 0.202. The zero-order chi connectivity index (χ0) is 29.7. The number of halogens is 3. The van der Waals surface area contributed by atoms with Gasteiger partial charge in [0, 0.05) is 18.7 Å². The topological polar surface area (TPSA) is 147 Å². The predicted molar refractivity (Wildman–Crippen MR) is 139 cm³/mol. The van der Waals surface area contributed by atoms with E-state index in [1.54, 1.807) is 30.3 Å². The van der Waals surface area contributed by atoms with Crippen molar-refractivity contribution in [1.82, 2.24) is 9.62 Å². The van der Waals surface area contributed by atoms with E-state index in [0.717, 1.165) is 28.6 Å². The molecule has 0 fully saturated rings. The standard InChI is InChI=1S/C27H29F3N2O7S/c1-17(33)15-32(40(38,39)21-10-8-20(9-11-21)27(28,29)30)16-25(36)22(13-18-5-3-2-4-6-18)31-26(37)19-7-12-23(34)24(35)14-19/h2-12,14,17,22,25,33-36H,13,15-16H2,1H3,(H,31,37)/t17-,22+,25-/m1/s1. The Morgan fingerprint density at radius 2 is 1.55 bits per heavy atom. The van der Waals surface area contributed by atoms with Crippen LogP contribution in [-0.4, -0.2) is 70.4 Å². The van der Waals surface area contributed by atoms with Crippen LogP contribution in [-0.2, 0) is 22.6 Å². The van der Waals surface area contributed by atoms with Crippen LogP contribution in [0.3, 0.4) is 0 Å². The molecule has 0 saturated heterocycles. The van der Waals surface area contributed by atoms with E-state index in [-0.39, 0.29) is 12.0 Å². The van der Waals surface area contributed by atoms with Crippen LogP contribution in [0.2, 0.25) is 0 Å². The molecule has 3 aromatic carbocycles. The van der Waals surface area contributed by atoms with E-state index in [1.807, 2.05) is 0 Å². The van der Waals surface area contributed by atoms with Gasteiger partial charge >= 0.3 is 6.18 Å². The van der Waals surface area contributed by atoms with Crippen LogP contribution in [0.1, 0.15) is 28.4 Å². The summed E-state index contributed by atoms with van der Waals surface area (Å²) in [5, 5.41) is 43.0. The molecule has 3 aromatic rings. The van der Waals surface area contributed by atoms with Gasteiger partial charge in [-0.3, -0.25) is 4.79 Å². The molecular weight excluding hydrogens is 553 g/mol. The van der Waals surface area contributed by atoms with E-state index in [9.17, 15) is 46.8 Å². The van der Waals surface area contributed by atoms with Crippen molar-refractivity contribution in [3.05, 3.63) is 89.5 Å². The SMILES string of the molecule is C[C@@H](O)CN(C[C@@H](O)[C@H](Cc1ccccc1)NC(=O)c1ccc(O)c(O)c1)S(=O)(=O)c1ccc(C(F)(F)F)cc1. The number of aromatic hydroxyl groups is 2. The highest BCUT2D eigenvalue weighted by Gasteiger charge is 2.34. The van der Waals surface area contributed by atoms with E-state index in [1.165, 1.54) is 13.0 Å². The molecule has 0 bridgehead atoms. The fourth-order valence-electron chi connectivity index (χ4n) is 3.93. The van der Waals surface area contributed by atoms with Crippen molar-refractivity contribution in [1.29, 1.82) is 0 Å². The maximum absolute atomic E-state index is 13.3. The summed E-state index contributed by atoms with van der Waals surface area (Å²) in [6.07, 6.45) is -7.35. The predicted octanol–water partition coefficient (Wildman–Crippen LogP) is 2.89. The van der Waals surface area contributed by atoms with Gasteiger partial charge in [-0.25, -0.2) is 8.42 Å². The molecule has 5 N–H and O–H groups in total. The second kappa shape index (κ2) is 12.7. The summed E-state index contributed by atoms with van der Waals surface area (Å²) in [5.41, 5.74) is -0.397. The second-order valence-electron chi connectivity index (χ2n) is 9.23. The highest BCUT2D eigenvalue weighted by Crippen LogP contribution is 2.30. The van der Waals surface area contributed by atoms with Crippen LogP contribution >= 0.6 is 0 Å². The summed E-state index contributed by atoms with van der Waals surface area (Å²) in [5.74, 6) is -1.72. The van der Waals surface area contributed by atoms with Crippen LogP contribution in [0, 0.1) is 0 Å². The maximum Gasteiger partial charge on any atom is 0.416 e. The molecule has 0 radical (unpaired) electrons. The Kier molecular flexibility index (Phi) is 9.79. The molecule has 216 valence electrons. The third-order valence-electron chi connectivity index (χ3n) is 5.99. The average Bonchev–Trinajstić information content (AvgIpc) is 2.89. The van der Waals surface area contributed by atoms with E-state index < -0.39 is 75.4 Å². The number of carbonyl (C=O) groups is 1. The Morgan fingerprint density at radius 3 is 2.10 bits per heavy atom. The Hall–Kier alpha value is -3.65. The number of rotatable bonds is 11. The number of nitrogens with one attached hydrogen (secondary N) is 1.